The molecule has 0 radical (unpaired) electrons. The number of piperidine rings is 1. The second kappa shape index (κ2) is 8.62. The molecule has 2 rings (SSSR count). The molecule has 1 amide bonds. The lowest BCUT2D eigenvalue weighted by atomic mass is 9.94. The molecule has 1 aromatic carbocycles. The summed E-state index contributed by atoms with van der Waals surface area (Å²) in [5.41, 5.74) is 0.134. The third-order valence-electron chi connectivity index (χ3n) is 3.94. The van der Waals surface area contributed by atoms with Gasteiger partial charge in [0.25, 0.3) is 0 Å². The number of likely N-dealkylation sites (tertiary alicyclic amines) is 1. The predicted molar refractivity (Wildman–Crippen MR) is 83.8 cm³/mol. The highest BCUT2D eigenvalue weighted by Gasteiger charge is 2.26. The maximum Gasteiger partial charge on any atom is 0.415 e. The number of carbonyl (C=O) groups is 2. The molecule has 24 heavy (non-hydrogen) atoms. The SMILES string of the molecule is CCOC(=O)CC1CCN(C(=O)Oc2ccc([NH+]([O-])O)cc2)CC1. The van der Waals surface area contributed by atoms with Gasteiger partial charge in [0.1, 0.15) is 5.75 Å². The number of nitrogens with zero attached hydrogens (tertiary/aromatic N) is 1. The maximum absolute atomic E-state index is 12.1. The molecule has 0 aromatic heterocycles. The third kappa shape index (κ3) is 5.19. The van der Waals surface area contributed by atoms with Gasteiger partial charge < -0.3 is 19.6 Å². The average molecular weight is 338 g/mol. The quantitative estimate of drug-likeness (QED) is 0.619. The van der Waals surface area contributed by atoms with Crippen molar-refractivity contribution in [1.29, 1.82) is 0 Å². The van der Waals surface area contributed by atoms with E-state index >= 15 is 0 Å². The number of benzene rings is 1. The molecule has 1 fully saturated rings. The van der Waals surface area contributed by atoms with Crippen LogP contribution in [-0.4, -0.2) is 41.9 Å². The molecule has 1 aliphatic heterocycles. The second-order valence-electron chi connectivity index (χ2n) is 5.64. The van der Waals surface area contributed by atoms with Crippen molar-refractivity contribution < 1.29 is 29.5 Å². The largest absolute Gasteiger partial charge is 0.595 e. The first-order valence-corrected chi connectivity index (χ1v) is 7.95. The number of quaternary nitrogens is 1. The van der Waals surface area contributed by atoms with Gasteiger partial charge >= 0.3 is 12.1 Å². The number of hydrogen-bond donors (Lipinski definition) is 2. The van der Waals surface area contributed by atoms with Crippen molar-refractivity contribution in [2.45, 2.75) is 26.2 Å². The Morgan fingerprint density at radius 3 is 2.46 bits per heavy atom. The highest BCUT2D eigenvalue weighted by atomic mass is 16.8. The molecule has 1 heterocycles. The molecule has 0 bridgehead atoms. The van der Waals surface area contributed by atoms with Crippen molar-refractivity contribution in [3.63, 3.8) is 0 Å². The van der Waals surface area contributed by atoms with Crippen LogP contribution in [-0.2, 0) is 9.53 Å². The van der Waals surface area contributed by atoms with Gasteiger partial charge in [0.2, 0.25) is 0 Å². The van der Waals surface area contributed by atoms with Gasteiger partial charge in [-0.3, -0.25) is 4.79 Å². The van der Waals surface area contributed by atoms with Crippen LogP contribution in [0.15, 0.2) is 24.3 Å². The van der Waals surface area contributed by atoms with E-state index in [0.29, 0.717) is 31.9 Å². The number of carbonyl (C=O) groups excluding carboxylic acids is 2. The summed E-state index contributed by atoms with van der Waals surface area (Å²) >= 11 is 0. The Morgan fingerprint density at radius 2 is 1.92 bits per heavy atom. The lowest BCUT2D eigenvalue weighted by Gasteiger charge is -2.30. The van der Waals surface area contributed by atoms with Crippen molar-refractivity contribution in [3.05, 3.63) is 29.5 Å². The van der Waals surface area contributed by atoms with Gasteiger partial charge in [-0.1, -0.05) is 0 Å². The summed E-state index contributed by atoms with van der Waals surface area (Å²) in [5.74, 6) is 0.332. The zero-order valence-corrected chi connectivity index (χ0v) is 13.6. The zero-order chi connectivity index (χ0) is 17.5. The molecule has 8 heteroatoms. The number of ether oxygens (including phenoxy) is 2. The van der Waals surface area contributed by atoms with E-state index in [9.17, 15) is 14.8 Å². The Morgan fingerprint density at radius 1 is 1.29 bits per heavy atom. The van der Waals surface area contributed by atoms with Gasteiger partial charge in [0, 0.05) is 31.6 Å². The third-order valence-corrected chi connectivity index (χ3v) is 3.94. The minimum Gasteiger partial charge on any atom is -0.595 e. The summed E-state index contributed by atoms with van der Waals surface area (Å²) in [4.78, 5) is 25.2. The Bertz CT molecular complexity index is 552. The highest BCUT2D eigenvalue weighted by molar-refractivity contribution is 5.71. The van der Waals surface area contributed by atoms with Crippen LogP contribution >= 0.6 is 0 Å². The Balaban J connectivity index is 1.79. The van der Waals surface area contributed by atoms with Gasteiger partial charge in [-0.25, -0.2) is 10.0 Å². The lowest BCUT2D eigenvalue weighted by molar-refractivity contribution is -0.991. The van der Waals surface area contributed by atoms with Crippen LogP contribution in [0.3, 0.4) is 0 Å². The molecule has 0 aliphatic carbocycles. The number of esters is 1. The molecule has 2 N–H and O–H groups in total. The van der Waals surface area contributed by atoms with E-state index in [2.05, 4.69) is 0 Å². The minimum atomic E-state index is -1.03. The first kappa shape index (κ1) is 18.2. The molecule has 1 unspecified atom stereocenters. The monoisotopic (exact) mass is 338 g/mol. The minimum absolute atomic E-state index is 0.134. The van der Waals surface area contributed by atoms with Gasteiger partial charge in [-0.05, 0) is 37.8 Å². The number of nitrogens with one attached hydrogen (secondary N) is 1. The smallest absolute Gasteiger partial charge is 0.415 e. The summed E-state index contributed by atoms with van der Waals surface area (Å²) in [7, 11) is 0. The van der Waals surface area contributed by atoms with Gasteiger partial charge in [-0.15, -0.1) is 0 Å². The summed E-state index contributed by atoms with van der Waals surface area (Å²) in [6.07, 6.45) is 1.37. The first-order valence-electron chi connectivity index (χ1n) is 7.95. The normalized spacial score (nSPS) is 16.5. The van der Waals surface area contributed by atoms with Crippen molar-refractivity contribution >= 4 is 17.7 Å². The van der Waals surface area contributed by atoms with Gasteiger partial charge in [0.15, 0.2) is 5.69 Å². The van der Waals surface area contributed by atoms with E-state index in [-0.39, 0.29) is 17.6 Å². The average Bonchev–Trinajstić information content (AvgIpc) is 2.56. The molecule has 1 aromatic rings. The Hall–Kier alpha value is -2.16. The van der Waals surface area contributed by atoms with E-state index in [1.54, 1.807) is 11.8 Å². The fraction of sp³-hybridized carbons (Fsp3) is 0.500. The van der Waals surface area contributed by atoms with Crippen LogP contribution in [0.25, 0.3) is 0 Å². The van der Waals surface area contributed by atoms with Crippen molar-refractivity contribution in [2.75, 3.05) is 19.7 Å². The summed E-state index contributed by atoms with van der Waals surface area (Å²) in [5, 5.41) is 18.6. The van der Waals surface area contributed by atoms with E-state index in [4.69, 9.17) is 14.7 Å². The topological polar surface area (TPSA) is 104 Å². The number of amides is 1. The first-order chi connectivity index (χ1) is 11.5. The molecular formula is C16H22N2O6. The molecule has 1 saturated heterocycles. The van der Waals surface area contributed by atoms with Gasteiger partial charge in [0.05, 0.1) is 6.61 Å². The predicted octanol–water partition coefficient (Wildman–Crippen LogP) is 1.25. The molecule has 0 spiro atoms. The summed E-state index contributed by atoms with van der Waals surface area (Å²) in [6.45, 7) is 3.20. The van der Waals surface area contributed by atoms with Crippen LogP contribution in [0.2, 0.25) is 0 Å². The lowest BCUT2D eigenvalue weighted by Crippen LogP contribution is -2.99. The van der Waals surface area contributed by atoms with E-state index in [1.165, 1.54) is 24.3 Å². The molecular weight excluding hydrogens is 316 g/mol. The Kier molecular flexibility index (Phi) is 6.53. The van der Waals surface area contributed by atoms with E-state index in [1.807, 2.05) is 0 Å². The molecule has 8 nitrogen and oxygen atoms in total. The number of hydrogen-bond acceptors (Lipinski definition) is 6. The van der Waals surface area contributed by atoms with Crippen LogP contribution in [0, 0.1) is 11.1 Å². The van der Waals surface area contributed by atoms with E-state index in [0.717, 1.165) is 12.8 Å². The summed E-state index contributed by atoms with van der Waals surface area (Å²) < 4.78 is 10.2. The van der Waals surface area contributed by atoms with Crippen LogP contribution in [0.5, 0.6) is 5.75 Å². The molecule has 132 valence electrons. The van der Waals surface area contributed by atoms with Gasteiger partial charge in [-0.2, -0.15) is 5.23 Å². The molecule has 1 aliphatic rings. The maximum atomic E-state index is 12.1. The van der Waals surface area contributed by atoms with Crippen LogP contribution in [0.4, 0.5) is 10.5 Å². The van der Waals surface area contributed by atoms with Crippen molar-refractivity contribution in [1.82, 2.24) is 4.90 Å². The molecule has 0 saturated carbocycles. The van der Waals surface area contributed by atoms with Crippen molar-refractivity contribution in [2.24, 2.45) is 5.92 Å². The van der Waals surface area contributed by atoms with Crippen molar-refractivity contribution in [3.8, 4) is 5.75 Å². The number of rotatable bonds is 5. The summed E-state index contributed by atoms with van der Waals surface area (Å²) in [6, 6.07) is 5.68. The zero-order valence-electron chi connectivity index (χ0n) is 13.6. The van der Waals surface area contributed by atoms with Crippen LogP contribution in [0.1, 0.15) is 26.2 Å². The molecule has 1 atom stereocenters. The standard InChI is InChI=1S/C16H22N2O6/c1-2-23-15(19)11-12-7-9-17(10-8-12)16(20)24-14-5-3-13(4-6-14)18(21)22/h3-6,12,18,21H,2,7-11H2,1H3. The van der Waals surface area contributed by atoms with Crippen LogP contribution < -0.4 is 9.96 Å². The fourth-order valence-corrected chi connectivity index (χ4v) is 2.61. The highest BCUT2D eigenvalue weighted by Crippen LogP contribution is 2.22. The fourth-order valence-electron chi connectivity index (χ4n) is 2.61. The van der Waals surface area contributed by atoms with E-state index < -0.39 is 11.3 Å². The second-order valence-corrected chi connectivity index (χ2v) is 5.64. The Labute approximate surface area is 140 Å².